The van der Waals surface area contributed by atoms with Crippen LogP contribution in [0.1, 0.15) is 24.5 Å². The standard InChI is InChI=1S/C27H23Cl3N2O3S/c1-3-12-32-26(33)24(36-27(32)31-20-10-8-19(28)9-11-20)15-17-13-22(30)25(23(14-17)34-2)35-16-18-6-4-5-7-21(18)29/h4-11,13-15H,3,12,16H2,1-2H3/b24-15-,31-27?. The van der Waals surface area contributed by atoms with E-state index in [4.69, 9.17) is 44.3 Å². The number of aliphatic imine (C=N–C) groups is 1. The van der Waals surface area contributed by atoms with Crippen LogP contribution in [0.15, 0.2) is 70.6 Å². The van der Waals surface area contributed by atoms with E-state index in [0.29, 0.717) is 48.7 Å². The van der Waals surface area contributed by atoms with Gasteiger partial charge in [0.25, 0.3) is 5.91 Å². The monoisotopic (exact) mass is 560 g/mol. The van der Waals surface area contributed by atoms with Gasteiger partial charge in [-0.3, -0.25) is 9.69 Å². The zero-order valence-corrected chi connectivity index (χ0v) is 22.7. The number of halogens is 3. The molecule has 0 N–H and O–H groups in total. The third kappa shape index (κ3) is 6.19. The fourth-order valence-corrected chi connectivity index (χ4v) is 5.13. The number of rotatable bonds is 8. The van der Waals surface area contributed by atoms with Crippen molar-refractivity contribution in [3.8, 4) is 11.5 Å². The molecule has 0 aromatic heterocycles. The zero-order chi connectivity index (χ0) is 25.7. The molecule has 0 spiro atoms. The molecule has 9 heteroatoms. The van der Waals surface area contributed by atoms with E-state index in [1.807, 2.05) is 37.3 Å². The van der Waals surface area contributed by atoms with E-state index < -0.39 is 0 Å². The molecular weight excluding hydrogens is 539 g/mol. The normalized spacial score (nSPS) is 15.7. The van der Waals surface area contributed by atoms with Gasteiger partial charge in [0.15, 0.2) is 16.7 Å². The lowest BCUT2D eigenvalue weighted by atomic mass is 10.1. The third-order valence-electron chi connectivity index (χ3n) is 5.27. The minimum atomic E-state index is -0.108. The smallest absolute Gasteiger partial charge is 0.266 e. The summed E-state index contributed by atoms with van der Waals surface area (Å²) in [5, 5.41) is 2.22. The average molecular weight is 562 g/mol. The first-order valence-electron chi connectivity index (χ1n) is 11.2. The Labute approximate surface area is 229 Å². The van der Waals surface area contributed by atoms with Gasteiger partial charge >= 0.3 is 0 Å². The molecule has 0 atom stereocenters. The van der Waals surface area contributed by atoms with Gasteiger partial charge < -0.3 is 9.47 Å². The van der Waals surface area contributed by atoms with Crippen molar-refractivity contribution in [3.63, 3.8) is 0 Å². The lowest BCUT2D eigenvalue weighted by molar-refractivity contribution is -0.122. The highest BCUT2D eigenvalue weighted by Crippen LogP contribution is 2.40. The predicted octanol–water partition coefficient (Wildman–Crippen LogP) is 8.25. The van der Waals surface area contributed by atoms with Crippen molar-refractivity contribution in [2.24, 2.45) is 4.99 Å². The Morgan fingerprint density at radius 3 is 2.47 bits per heavy atom. The van der Waals surface area contributed by atoms with Crippen LogP contribution < -0.4 is 9.47 Å². The van der Waals surface area contributed by atoms with Crippen molar-refractivity contribution < 1.29 is 14.3 Å². The van der Waals surface area contributed by atoms with E-state index in [-0.39, 0.29) is 12.5 Å². The summed E-state index contributed by atoms with van der Waals surface area (Å²) in [7, 11) is 1.54. The van der Waals surface area contributed by atoms with Crippen molar-refractivity contribution >= 4 is 69.4 Å². The summed E-state index contributed by atoms with van der Waals surface area (Å²) >= 11 is 20.1. The van der Waals surface area contributed by atoms with Crippen LogP contribution >= 0.6 is 46.6 Å². The van der Waals surface area contributed by atoms with Gasteiger partial charge in [0, 0.05) is 22.2 Å². The van der Waals surface area contributed by atoms with Crippen LogP contribution in [0.3, 0.4) is 0 Å². The largest absolute Gasteiger partial charge is 0.493 e. The molecule has 0 aliphatic carbocycles. The van der Waals surface area contributed by atoms with Gasteiger partial charge in [-0.15, -0.1) is 0 Å². The first-order chi connectivity index (χ1) is 17.4. The zero-order valence-electron chi connectivity index (χ0n) is 19.6. The molecular formula is C27H23Cl3N2O3S. The maximum Gasteiger partial charge on any atom is 0.266 e. The molecule has 1 aliphatic heterocycles. The van der Waals surface area contributed by atoms with Gasteiger partial charge in [0.2, 0.25) is 0 Å². The number of nitrogens with zero attached hydrogens (tertiary/aromatic N) is 2. The third-order valence-corrected chi connectivity index (χ3v) is 7.17. The molecule has 1 saturated heterocycles. The summed E-state index contributed by atoms with van der Waals surface area (Å²) in [5.74, 6) is 0.755. The molecule has 0 saturated carbocycles. The maximum absolute atomic E-state index is 13.2. The molecule has 3 aromatic carbocycles. The average Bonchev–Trinajstić information content (AvgIpc) is 3.14. The van der Waals surface area contributed by atoms with Crippen molar-refractivity contribution in [2.75, 3.05) is 13.7 Å². The number of methoxy groups -OCH3 is 1. The van der Waals surface area contributed by atoms with Gasteiger partial charge in [-0.05, 0) is 72.3 Å². The van der Waals surface area contributed by atoms with E-state index >= 15 is 0 Å². The fourth-order valence-electron chi connectivity index (χ4n) is 3.52. The van der Waals surface area contributed by atoms with Crippen molar-refractivity contribution in [2.45, 2.75) is 20.0 Å². The summed E-state index contributed by atoms with van der Waals surface area (Å²) in [5.41, 5.74) is 2.27. The Morgan fingerprint density at radius 1 is 1.03 bits per heavy atom. The molecule has 3 aromatic rings. The first kappa shape index (κ1) is 26.4. The Bertz CT molecular complexity index is 1330. The summed E-state index contributed by atoms with van der Waals surface area (Å²) in [6.07, 6.45) is 2.59. The highest BCUT2D eigenvalue weighted by molar-refractivity contribution is 8.18. The number of hydrogen-bond acceptors (Lipinski definition) is 5. The molecule has 5 nitrogen and oxygen atoms in total. The number of hydrogen-bond donors (Lipinski definition) is 0. The Balaban J connectivity index is 1.60. The van der Waals surface area contributed by atoms with Gasteiger partial charge in [-0.1, -0.05) is 59.9 Å². The quantitative estimate of drug-likeness (QED) is 0.260. The molecule has 4 rings (SSSR count). The molecule has 36 heavy (non-hydrogen) atoms. The lowest BCUT2D eigenvalue weighted by Crippen LogP contribution is -2.29. The molecule has 0 unspecified atom stereocenters. The molecule has 186 valence electrons. The number of benzene rings is 3. The van der Waals surface area contributed by atoms with Crippen LogP contribution in [0.2, 0.25) is 15.1 Å². The number of carbonyl (C=O) groups is 1. The summed E-state index contributed by atoms with van der Waals surface area (Å²) in [6.45, 7) is 2.82. The van der Waals surface area contributed by atoms with E-state index in [0.717, 1.165) is 17.7 Å². The van der Waals surface area contributed by atoms with E-state index in [1.54, 1.807) is 48.4 Å². The van der Waals surface area contributed by atoms with E-state index in [9.17, 15) is 4.79 Å². The van der Waals surface area contributed by atoms with E-state index in [2.05, 4.69) is 4.99 Å². The van der Waals surface area contributed by atoms with Crippen molar-refractivity contribution in [1.82, 2.24) is 4.90 Å². The molecule has 1 amide bonds. The molecule has 0 bridgehead atoms. The van der Waals surface area contributed by atoms with Crippen LogP contribution in [-0.4, -0.2) is 29.6 Å². The number of ether oxygens (including phenoxy) is 2. The predicted molar refractivity (Wildman–Crippen MR) is 150 cm³/mol. The minimum Gasteiger partial charge on any atom is -0.493 e. The molecule has 0 radical (unpaired) electrons. The second kappa shape index (κ2) is 12.1. The topological polar surface area (TPSA) is 51.1 Å². The highest BCUT2D eigenvalue weighted by atomic mass is 35.5. The fraction of sp³-hybridized carbons (Fsp3) is 0.185. The lowest BCUT2D eigenvalue weighted by Gasteiger charge is -2.14. The maximum atomic E-state index is 13.2. The summed E-state index contributed by atoms with van der Waals surface area (Å²) < 4.78 is 11.5. The first-order valence-corrected chi connectivity index (χ1v) is 13.1. The van der Waals surface area contributed by atoms with Gasteiger partial charge in [-0.2, -0.15) is 0 Å². The van der Waals surface area contributed by atoms with Gasteiger partial charge in [0.1, 0.15) is 6.61 Å². The minimum absolute atomic E-state index is 0.108. The summed E-state index contributed by atoms with van der Waals surface area (Å²) in [6, 6.07) is 18.1. The van der Waals surface area contributed by atoms with Crippen molar-refractivity contribution in [3.05, 3.63) is 91.8 Å². The van der Waals surface area contributed by atoms with Crippen LogP contribution in [0, 0.1) is 0 Å². The molecule has 1 aliphatic rings. The van der Waals surface area contributed by atoms with Crippen LogP contribution in [0.5, 0.6) is 11.5 Å². The molecule has 1 heterocycles. The molecule has 1 fully saturated rings. The highest BCUT2D eigenvalue weighted by Gasteiger charge is 2.33. The van der Waals surface area contributed by atoms with Crippen LogP contribution in [0.4, 0.5) is 5.69 Å². The Morgan fingerprint density at radius 2 is 1.78 bits per heavy atom. The second-order valence-corrected chi connectivity index (χ2v) is 10.1. The van der Waals surface area contributed by atoms with Crippen LogP contribution in [-0.2, 0) is 11.4 Å². The Hall–Kier alpha value is -2.64. The van der Waals surface area contributed by atoms with Crippen molar-refractivity contribution in [1.29, 1.82) is 0 Å². The number of carbonyl (C=O) groups excluding carboxylic acids is 1. The number of thioether (sulfide) groups is 1. The SMILES string of the molecule is CCCN1C(=O)/C(=C/c2cc(Cl)c(OCc3ccccc3Cl)c(OC)c2)SC1=Nc1ccc(Cl)cc1. The van der Waals surface area contributed by atoms with Gasteiger partial charge in [0.05, 0.1) is 22.7 Å². The summed E-state index contributed by atoms with van der Waals surface area (Å²) in [4.78, 5) is 20.1. The van der Waals surface area contributed by atoms with E-state index in [1.165, 1.54) is 11.8 Å². The number of amides is 1. The van der Waals surface area contributed by atoms with Crippen LogP contribution in [0.25, 0.3) is 6.08 Å². The Kier molecular flexibility index (Phi) is 8.86. The number of amidine groups is 1. The van der Waals surface area contributed by atoms with Gasteiger partial charge in [-0.25, -0.2) is 4.99 Å². The second-order valence-electron chi connectivity index (χ2n) is 7.85.